The number of hydrogen-bond acceptors (Lipinski definition) is 8. The fourth-order valence-electron chi connectivity index (χ4n) is 2.93. The molecule has 1 saturated heterocycles. The van der Waals surface area contributed by atoms with Gasteiger partial charge in [0.2, 0.25) is 0 Å². The summed E-state index contributed by atoms with van der Waals surface area (Å²) in [5.74, 6) is 2.96. The third-order valence-corrected chi connectivity index (χ3v) is 6.19. The smallest absolute Gasteiger partial charge is 0.152 e. The third-order valence-electron chi connectivity index (χ3n) is 4.44. The van der Waals surface area contributed by atoms with Crippen LogP contribution in [0.1, 0.15) is 6.42 Å². The van der Waals surface area contributed by atoms with Crippen molar-refractivity contribution in [1.29, 1.82) is 0 Å². The summed E-state index contributed by atoms with van der Waals surface area (Å²) < 4.78 is 34.0. The molecule has 2 heterocycles. The highest BCUT2D eigenvalue weighted by molar-refractivity contribution is 7.91. The van der Waals surface area contributed by atoms with Gasteiger partial charge in [0.25, 0.3) is 0 Å². The van der Waals surface area contributed by atoms with E-state index in [9.17, 15) is 8.42 Å². The van der Waals surface area contributed by atoms with Crippen molar-refractivity contribution < 1.29 is 17.9 Å². The highest BCUT2D eigenvalue weighted by Gasteiger charge is 2.31. The lowest BCUT2D eigenvalue weighted by molar-refractivity contribution is 0.405. The topological polar surface area (TPSA) is 93.7 Å². The summed E-state index contributed by atoms with van der Waals surface area (Å²) in [6.45, 7) is 0. The maximum absolute atomic E-state index is 11.7. The first-order valence-corrected chi connectivity index (χ1v) is 9.98. The fraction of sp³-hybridized carbons (Fsp3) is 0.412. The van der Waals surface area contributed by atoms with Gasteiger partial charge in [-0.25, -0.2) is 18.4 Å². The summed E-state index contributed by atoms with van der Waals surface area (Å²) in [7, 11) is 2.08. The van der Waals surface area contributed by atoms with Gasteiger partial charge in [0, 0.05) is 25.2 Å². The summed E-state index contributed by atoms with van der Waals surface area (Å²) >= 11 is 0. The number of benzene rings is 1. The molecule has 0 amide bonds. The molecule has 0 aliphatic carbocycles. The molecule has 1 fully saturated rings. The maximum Gasteiger partial charge on any atom is 0.152 e. The quantitative estimate of drug-likeness (QED) is 0.814. The molecular weight excluding hydrogens is 356 g/mol. The number of methoxy groups -OCH3 is 2. The van der Waals surface area contributed by atoms with Gasteiger partial charge in [-0.3, -0.25) is 0 Å². The van der Waals surface area contributed by atoms with Gasteiger partial charge >= 0.3 is 0 Å². The van der Waals surface area contributed by atoms with Crippen LogP contribution < -0.4 is 19.7 Å². The number of ether oxygens (including phenoxy) is 2. The van der Waals surface area contributed by atoms with Gasteiger partial charge in [-0.15, -0.1) is 0 Å². The predicted molar refractivity (Wildman–Crippen MR) is 100 cm³/mol. The molecule has 3 rings (SSSR count). The number of nitrogens with one attached hydrogen (secondary N) is 1. The molecule has 1 N–H and O–H groups in total. The van der Waals surface area contributed by atoms with Crippen molar-refractivity contribution in [3.05, 3.63) is 30.6 Å². The van der Waals surface area contributed by atoms with E-state index in [-0.39, 0.29) is 17.5 Å². The Hall–Kier alpha value is -2.55. The van der Waals surface area contributed by atoms with Crippen LogP contribution in [0.3, 0.4) is 0 Å². The Bertz CT molecular complexity index is 888. The molecule has 2 aromatic rings. The average Bonchev–Trinajstić information content (AvgIpc) is 3.01. The number of sulfone groups is 1. The minimum absolute atomic E-state index is 0.0749. The van der Waals surface area contributed by atoms with E-state index in [4.69, 9.17) is 9.47 Å². The zero-order valence-corrected chi connectivity index (χ0v) is 15.8. The second-order valence-corrected chi connectivity index (χ2v) is 8.35. The molecule has 26 heavy (non-hydrogen) atoms. The van der Waals surface area contributed by atoms with Gasteiger partial charge in [0.05, 0.1) is 31.4 Å². The standard InChI is InChI=1S/C17H22N4O4S/c1-21(12-6-7-26(22,23)10-12)17-9-16(18-11-19-17)20-14-8-13(24-2)4-5-15(14)25-3/h4-5,8-9,11-12H,6-7,10H2,1-3H3,(H,18,19,20). The lowest BCUT2D eigenvalue weighted by Gasteiger charge is -2.24. The summed E-state index contributed by atoms with van der Waals surface area (Å²) in [4.78, 5) is 10.4. The van der Waals surface area contributed by atoms with Crippen molar-refractivity contribution in [3.63, 3.8) is 0 Å². The van der Waals surface area contributed by atoms with Crippen LogP contribution in [-0.2, 0) is 9.84 Å². The zero-order chi connectivity index (χ0) is 18.7. The van der Waals surface area contributed by atoms with Crippen LogP contribution in [0, 0.1) is 0 Å². The number of anilines is 3. The highest BCUT2D eigenvalue weighted by atomic mass is 32.2. The second-order valence-electron chi connectivity index (χ2n) is 6.12. The van der Waals surface area contributed by atoms with E-state index < -0.39 is 9.84 Å². The Balaban J connectivity index is 1.82. The van der Waals surface area contributed by atoms with E-state index in [1.807, 2.05) is 24.1 Å². The van der Waals surface area contributed by atoms with Gasteiger partial charge in [-0.1, -0.05) is 0 Å². The molecule has 1 atom stereocenters. The molecule has 0 saturated carbocycles. The van der Waals surface area contributed by atoms with Gasteiger partial charge in [0.1, 0.15) is 29.5 Å². The first kappa shape index (κ1) is 18.2. The number of nitrogens with zero attached hydrogens (tertiary/aromatic N) is 3. The van der Waals surface area contributed by atoms with E-state index in [0.717, 1.165) is 0 Å². The van der Waals surface area contributed by atoms with E-state index >= 15 is 0 Å². The van der Waals surface area contributed by atoms with Gasteiger partial charge in [-0.05, 0) is 18.6 Å². The Kier molecular flexibility index (Phi) is 5.17. The summed E-state index contributed by atoms with van der Waals surface area (Å²) in [6.07, 6.45) is 2.06. The molecule has 1 aliphatic rings. The van der Waals surface area contributed by atoms with Crippen LogP contribution in [0.5, 0.6) is 11.5 Å². The minimum atomic E-state index is -2.95. The maximum atomic E-state index is 11.7. The Morgan fingerprint density at radius 1 is 1.19 bits per heavy atom. The average molecular weight is 378 g/mol. The van der Waals surface area contributed by atoms with Crippen LogP contribution in [0.15, 0.2) is 30.6 Å². The van der Waals surface area contributed by atoms with Crippen LogP contribution in [0.4, 0.5) is 17.3 Å². The lowest BCUT2D eigenvalue weighted by Crippen LogP contribution is -2.33. The molecule has 0 radical (unpaired) electrons. The minimum Gasteiger partial charge on any atom is -0.497 e. The van der Waals surface area contributed by atoms with Crippen molar-refractivity contribution in [2.45, 2.75) is 12.5 Å². The Morgan fingerprint density at radius 2 is 2.00 bits per heavy atom. The Morgan fingerprint density at radius 3 is 2.65 bits per heavy atom. The Labute approximate surface area is 153 Å². The van der Waals surface area contributed by atoms with Gasteiger partial charge in [0.15, 0.2) is 9.84 Å². The van der Waals surface area contributed by atoms with Crippen LogP contribution in [0.2, 0.25) is 0 Å². The molecule has 1 unspecified atom stereocenters. The monoisotopic (exact) mass is 378 g/mol. The third kappa shape index (κ3) is 3.98. The van der Waals surface area contributed by atoms with Crippen molar-refractivity contribution in [2.24, 2.45) is 0 Å². The van der Waals surface area contributed by atoms with Crippen molar-refractivity contribution in [2.75, 3.05) is 43.0 Å². The first-order chi connectivity index (χ1) is 12.4. The van der Waals surface area contributed by atoms with Crippen molar-refractivity contribution in [1.82, 2.24) is 9.97 Å². The SMILES string of the molecule is COc1ccc(OC)c(Nc2cc(N(C)C3CCS(=O)(=O)C3)ncn2)c1. The van der Waals surface area contributed by atoms with E-state index in [1.165, 1.54) is 6.33 Å². The zero-order valence-electron chi connectivity index (χ0n) is 15.0. The normalized spacial score (nSPS) is 18.3. The van der Waals surface area contributed by atoms with E-state index in [2.05, 4.69) is 15.3 Å². The van der Waals surface area contributed by atoms with Crippen LogP contribution in [-0.4, -0.2) is 57.2 Å². The summed E-state index contributed by atoms with van der Waals surface area (Å²) in [5.41, 5.74) is 0.711. The summed E-state index contributed by atoms with van der Waals surface area (Å²) in [5, 5.41) is 3.20. The molecule has 8 nitrogen and oxygen atoms in total. The highest BCUT2D eigenvalue weighted by Crippen LogP contribution is 2.31. The molecule has 1 aliphatic heterocycles. The molecule has 0 spiro atoms. The fourth-order valence-corrected chi connectivity index (χ4v) is 4.70. The second kappa shape index (κ2) is 7.36. The predicted octanol–water partition coefficient (Wildman–Crippen LogP) is 1.86. The van der Waals surface area contributed by atoms with Gasteiger partial charge < -0.3 is 19.7 Å². The van der Waals surface area contributed by atoms with E-state index in [1.54, 1.807) is 26.4 Å². The molecule has 1 aromatic carbocycles. The van der Waals surface area contributed by atoms with Crippen LogP contribution in [0.25, 0.3) is 0 Å². The molecule has 0 bridgehead atoms. The lowest BCUT2D eigenvalue weighted by atomic mass is 10.2. The molecule has 140 valence electrons. The number of rotatable bonds is 6. The van der Waals surface area contributed by atoms with Crippen LogP contribution >= 0.6 is 0 Å². The van der Waals surface area contributed by atoms with Crippen molar-refractivity contribution in [3.8, 4) is 11.5 Å². The first-order valence-electron chi connectivity index (χ1n) is 8.16. The molecule has 1 aromatic heterocycles. The number of aromatic nitrogens is 2. The van der Waals surface area contributed by atoms with Gasteiger partial charge in [-0.2, -0.15) is 0 Å². The van der Waals surface area contributed by atoms with Crippen molar-refractivity contribution >= 4 is 27.2 Å². The molecular formula is C17H22N4O4S. The largest absolute Gasteiger partial charge is 0.497 e. The summed E-state index contributed by atoms with van der Waals surface area (Å²) in [6, 6.07) is 7.13. The molecule has 9 heteroatoms. The number of hydrogen-bond donors (Lipinski definition) is 1. The van der Waals surface area contributed by atoms with E-state index in [0.29, 0.717) is 35.2 Å².